The maximum Gasteiger partial charge on any atom is 0.244 e. The molecule has 2 aromatic carbocycles. The summed E-state index contributed by atoms with van der Waals surface area (Å²) in [5, 5.41) is 3.66. The summed E-state index contributed by atoms with van der Waals surface area (Å²) in [4.78, 5) is 28.0. The van der Waals surface area contributed by atoms with E-state index in [0.29, 0.717) is 11.4 Å². The molecule has 2 amide bonds. The maximum absolute atomic E-state index is 13.7. The number of hydrogen-bond donors (Lipinski definition) is 1. The maximum atomic E-state index is 13.7. The van der Waals surface area contributed by atoms with E-state index in [1.165, 1.54) is 24.1 Å². The van der Waals surface area contributed by atoms with E-state index in [0.717, 1.165) is 16.1 Å². The molecule has 0 aliphatic heterocycles. The van der Waals surface area contributed by atoms with Gasteiger partial charge in [0.1, 0.15) is 18.3 Å². The highest BCUT2D eigenvalue weighted by molar-refractivity contribution is 7.92. The molecule has 0 radical (unpaired) electrons. The molecule has 0 heterocycles. The molecule has 0 bridgehead atoms. The van der Waals surface area contributed by atoms with Crippen molar-refractivity contribution in [1.82, 2.24) is 10.2 Å². The monoisotopic (exact) mass is 543 g/mol. The van der Waals surface area contributed by atoms with Crippen molar-refractivity contribution >= 4 is 50.7 Å². The van der Waals surface area contributed by atoms with Crippen LogP contribution in [-0.4, -0.2) is 57.1 Å². The Bertz CT molecular complexity index is 1140. The SMILES string of the molecule is CC[C@H](C(=O)NC(C)C)N(Cc1ccc(Cl)cc1)C(=O)CN(c1cc(Cl)ccc1OC)S(C)(=O)=O. The molecule has 0 fully saturated rings. The fourth-order valence-electron chi connectivity index (χ4n) is 3.54. The van der Waals surface area contributed by atoms with Gasteiger partial charge in [0.2, 0.25) is 21.8 Å². The van der Waals surface area contributed by atoms with Gasteiger partial charge in [-0.05, 0) is 56.2 Å². The Labute approximate surface area is 217 Å². The molecule has 0 unspecified atom stereocenters. The highest BCUT2D eigenvalue weighted by atomic mass is 35.5. The van der Waals surface area contributed by atoms with Gasteiger partial charge in [0, 0.05) is 22.6 Å². The second-order valence-corrected chi connectivity index (χ2v) is 11.1. The normalized spacial score (nSPS) is 12.2. The fraction of sp³-hybridized carbons (Fsp3) is 0.417. The lowest BCUT2D eigenvalue weighted by atomic mass is 10.1. The fourth-order valence-corrected chi connectivity index (χ4v) is 4.68. The van der Waals surface area contributed by atoms with E-state index in [2.05, 4.69) is 5.32 Å². The molecule has 0 saturated heterocycles. The lowest BCUT2D eigenvalue weighted by Crippen LogP contribution is -2.53. The number of ether oxygens (including phenoxy) is 1. The minimum atomic E-state index is -3.92. The number of rotatable bonds is 11. The summed E-state index contributed by atoms with van der Waals surface area (Å²) in [5.74, 6) is -0.643. The van der Waals surface area contributed by atoms with Crippen LogP contribution in [0.5, 0.6) is 5.75 Å². The molecule has 0 saturated carbocycles. The standard InChI is InChI=1S/C24H31Cl2N3O5S/c1-6-20(24(31)27-16(2)3)28(14-17-7-9-18(25)10-8-17)23(30)15-29(35(5,32)33)21-13-19(26)11-12-22(21)34-4/h7-13,16,20H,6,14-15H2,1-5H3,(H,27,31)/t20-/m1/s1. The third-order valence-corrected chi connectivity index (χ3v) is 6.79. The Morgan fingerprint density at radius 1 is 1.06 bits per heavy atom. The first-order chi connectivity index (χ1) is 16.4. The molecule has 0 aliphatic rings. The largest absolute Gasteiger partial charge is 0.495 e. The van der Waals surface area contributed by atoms with Gasteiger partial charge in [-0.3, -0.25) is 13.9 Å². The molecule has 11 heteroatoms. The first kappa shape index (κ1) is 28.7. The summed E-state index contributed by atoms with van der Waals surface area (Å²) in [6, 6.07) is 10.4. The number of benzene rings is 2. The molecule has 1 N–H and O–H groups in total. The second kappa shape index (κ2) is 12.5. The number of anilines is 1. The second-order valence-electron chi connectivity index (χ2n) is 8.32. The highest BCUT2D eigenvalue weighted by Gasteiger charge is 2.32. The number of sulfonamides is 1. The Morgan fingerprint density at radius 2 is 1.66 bits per heavy atom. The summed E-state index contributed by atoms with van der Waals surface area (Å²) >= 11 is 12.1. The minimum absolute atomic E-state index is 0.0876. The molecule has 1 atom stereocenters. The van der Waals surface area contributed by atoms with Gasteiger partial charge < -0.3 is 15.0 Å². The van der Waals surface area contributed by atoms with Crippen LogP contribution in [0.2, 0.25) is 10.0 Å². The van der Waals surface area contributed by atoms with Crippen LogP contribution >= 0.6 is 23.2 Å². The van der Waals surface area contributed by atoms with Crippen LogP contribution in [-0.2, 0) is 26.2 Å². The summed E-state index contributed by atoms with van der Waals surface area (Å²) in [5.41, 5.74) is 0.867. The molecular formula is C24H31Cl2N3O5S. The van der Waals surface area contributed by atoms with Gasteiger partial charge in [0.15, 0.2) is 0 Å². The van der Waals surface area contributed by atoms with E-state index in [-0.39, 0.29) is 35.0 Å². The first-order valence-corrected chi connectivity index (χ1v) is 13.6. The number of halogens is 2. The average molecular weight is 545 g/mol. The van der Waals surface area contributed by atoms with Crippen molar-refractivity contribution in [3.8, 4) is 5.75 Å². The Kier molecular flexibility index (Phi) is 10.2. The van der Waals surface area contributed by atoms with Crippen molar-refractivity contribution in [3.05, 3.63) is 58.1 Å². The van der Waals surface area contributed by atoms with Crippen molar-refractivity contribution in [2.24, 2.45) is 0 Å². The Hall–Kier alpha value is -2.49. The van der Waals surface area contributed by atoms with Gasteiger partial charge in [-0.2, -0.15) is 0 Å². The molecule has 0 aliphatic carbocycles. The first-order valence-electron chi connectivity index (χ1n) is 11.0. The lowest BCUT2D eigenvalue weighted by molar-refractivity contribution is -0.140. The van der Waals surface area contributed by atoms with E-state index in [1.807, 2.05) is 13.8 Å². The zero-order valence-corrected chi connectivity index (χ0v) is 22.7. The lowest BCUT2D eigenvalue weighted by Gasteiger charge is -2.33. The summed E-state index contributed by atoms with van der Waals surface area (Å²) in [6.45, 7) is 4.99. The Balaban J connectivity index is 2.50. The molecule has 192 valence electrons. The number of methoxy groups -OCH3 is 1. The molecule has 8 nitrogen and oxygen atoms in total. The third kappa shape index (κ3) is 8.02. The van der Waals surface area contributed by atoms with Gasteiger partial charge in [0.05, 0.1) is 19.1 Å². The number of amides is 2. The summed E-state index contributed by atoms with van der Waals surface area (Å²) < 4.78 is 31.7. The number of hydrogen-bond acceptors (Lipinski definition) is 5. The molecule has 35 heavy (non-hydrogen) atoms. The average Bonchev–Trinajstić information content (AvgIpc) is 2.77. The minimum Gasteiger partial charge on any atom is -0.495 e. The van der Waals surface area contributed by atoms with Crippen molar-refractivity contribution in [3.63, 3.8) is 0 Å². The molecular weight excluding hydrogens is 513 g/mol. The van der Waals surface area contributed by atoms with E-state index in [4.69, 9.17) is 27.9 Å². The van der Waals surface area contributed by atoms with Crippen LogP contribution in [0.25, 0.3) is 0 Å². The summed E-state index contributed by atoms with van der Waals surface area (Å²) in [7, 11) is -2.52. The smallest absolute Gasteiger partial charge is 0.244 e. The number of carbonyl (C=O) groups excluding carboxylic acids is 2. The Morgan fingerprint density at radius 3 is 2.17 bits per heavy atom. The number of nitrogens with one attached hydrogen (secondary N) is 1. The third-order valence-electron chi connectivity index (χ3n) is 5.17. The van der Waals surface area contributed by atoms with Crippen LogP contribution in [0.4, 0.5) is 5.69 Å². The van der Waals surface area contributed by atoms with E-state index in [9.17, 15) is 18.0 Å². The van der Waals surface area contributed by atoms with Crippen molar-refractivity contribution in [2.75, 3.05) is 24.2 Å². The van der Waals surface area contributed by atoms with Crippen LogP contribution in [0, 0.1) is 0 Å². The number of nitrogens with zero attached hydrogens (tertiary/aromatic N) is 2. The summed E-state index contributed by atoms with van der Waals surface area (Å²) in [6.07, 6.45) is 1.32. The molecule has 0 spiro atoms. The molecule has 0 aromatic heterocycles. The van der Waals surface area contributed by atoms with Crippen LogP contribution in [0.3, 0.4) is 0 Å². The quantitative estimate of drug-likeness (QED) is 0.460. The van der Waals surface area contributed by atoms with Gasteiger partial charge >= 0.3 is 0 Å². The zero-order valence-electron chi connectivity index (χ0n) is 20.4. The predicted octanol–water partition coefficient (Wildman–Crippen LogP) is 4.10. The number of carbonyl (C=O) groups is 2. The zero-order chi connectivity index (χ0) is 26.3. The van der Waals surface area contributed by atoms with Crippen molar-refractivity contribution in [2.45, 2.75) is 45.8 Å². The van der Waals surface area contributed by atoms with Gasteiger partial charge in [-0.15, -0.1) is 0 Å². The topological polar surface area (TPSA) is 96.0 Å². The molecule has 2 rings (SSSR count). The van der Waals surface area contributed by atoms with Crippen molar-refractivity contribution < 1.29 is 22.7 Å². The van der Waals surface area contributed by atoms with Gasteiger partial charge in [0.25, 0.3) is 0 Å². The van der Waals surface area contributed by atoms with E-state index < -0.39 is 28.5 Å². The van der Waals surface area contributed by atoms with Gasteiger partial charge in [-0.1, -0.05) is 42.3 Å². The van der Waals surface area contributed by atoms with Crippen LogP contribution in [0.15, 0.2) is 42.5 Å². The van der Waals surface area contributed by atoms with Crippen LogP contribution < -0.4 is 14.4 Å². The van der Waals surface area contributed by atoms with Crippen LogP contribution in [0.1, 0.15) is 32.8 Å². The predicted molar refractivity (Wildman–Crippen MR) is 140 cm³/mol. The van der Waals surface area contributed by atoms with Crippen molar-refractivity contribution in [1.29, 1.82) is 0 Å². The van der Waals surface area contributed by atoms with Gasteiger partial charge in [-0.25, -0.2) is 8.42 Å². The molecule has 2 aromatic rings. The van der Waals surface area contributed by atoms with E-state index >= 15 is 0 Å². The highest BCUT2D eigenvalue weighted by Crippen LogP contribution is 2.33. The van der Waals surface area contributed by atoms with E-state index in [1.54, 1.807) is 37.3 Å².